The minimum Gasteiger partial charge on any atom is -0.394 e. The number of aliphatic hydroxyl groups excluding tert-OH is 2. The van der Waals surface area contributed by atoms with Crippen LogP contribution in [0.15, 0.2) is 36.9 Å². The highest BCUT2D eigenvalue weighted by Crippen LogP contribution is 2.33. The van der Waals surface area contributed by atoms with E-state index in [1.54, 1.807) is 28.8 Å². The molecule has 2 aromatic heterocycles. The standard InChI is InChI=1S/C24H28N6O6/c25-20-17-21(27-12-26-20)30(13-28-17)24-18(32)19(16(11-31)36-24)35-10-6-2-1-5-9-29-22(33)14-7-3-4-8-15(14)23(29)34/h3-4,7-8,12-13,16,18-19,24,31-32H,1-2,5-6,9-11H2,(H2,25,26,27)/t16-,18+,19?,24-/m1/s1. The Balaban J connectivity index is 1.08. The van der Waals surface area contributed by atoms with Gasteiger partial charge in [-0.15, -0.1) is 0 Å². The van der Waals surface area contributed by atoms with Crippen molar-refractivity contribution in [1.82, 2.24) is 24.4 Å². The Labute approximate surface area is 206 Å². The van der Waals surface area contributed by atoms with Gasteiger partial charge in [0.25, 0.3) is 11.8 Å². The molecule has 12 heteroatoms. The van der Waals surface area contributed by atoms with Gasteiger partial charge >= 0.3 is 0 Å². The number of ether oxygens (including phenoxy) is 2. The van der Waals surface area contributed by atoms with Gasteiger partial charge in [0.05, 0.1) is 24.1 Å². The molecule has 1 aromatic carbocycles. The summed E-state index contributed by atoms with van der Waals surface area (Å²) in [5, 5.41) is 20.6. The summed E-state index contributed by atoms with van der Waals surface area (Å²) in [7, 11) is 0. The molecule has 1 saturated heterocycles. The Morgan fingerprint density at radius 2 is 1.75 bits per heavy atom. The number of carbonyl (C=O) groups is 2. The van der Waals surface area contributed by atoms with E-state index in [0.29, 0.717) is 48.3 Å². The van der Waals surface area contributed by atoms with E-state index in [1.165, 1.54) is 17.6 Å². The first-order valence-corrected chi connectivity index (χ1v) is 12.0. The molecule has 0 aliphatic carbocycles. The molecule has 12 nitrogen and oxygen atoms in total. The van der Waals surface area contributed by atoms with Crippen LogP contribution >= 0.6 is 0 Å². The molecule has 190 valence electrons. The molecule has 0 saturated carbocycles. The number of carbonyl (C=O) groups excluding carboxylic acids is 2. The smallest absolute Gasteiger partial charge is 0.261 e. The van der Waals surface area contributed by atoms with Crippen molar-refractivity contribution >= 4 is 28.8 Å². The SMILES string of the molecule is Nc1ncnc2c1ncn2[C@@H]1O[C@H](CO)C(OCCCCCCN2C(=O)c3ccccc3C2=O)[C@@H]1O. The van der Waals surface area contributed by atoms with Gasteiger partial charge in [-0.2, -0.15) is 0 Å². The van der Waals surface area contributed by atoms with Crippen molar-refractivity contribution in [3.05, 3.63) is 48.0 Å². The molecule has 2 aliphatic rings. The molecule has 1 fully saturated rings. The average Bonchev–Trinajstić information content (AvgIpc) is 3.53. The van der Waals surface area contributed by atoms with E-state index in [2.05, 4.69) is 15.0 Å². The maximum absolute atomic E-state index is 12.4. The molecule has 4 heterocycles. The van der Waals surface area contributed by atoms with Crippen molar-refractivity contribution in [2.45, 2.75) is 50.2 Å². The number of aromatic nitrogens is 4. The Morgan fingerprint density at radius 3 is 2.47 bits per heavy atom. The third kappa shape index (κ3) is 4.32. The van der Waals surface area contributed by atoms with E-state index < -0.39 is 24.5 Å². The summed E-state index contributed by atoms with van der Waals surface area (Å²) >= 11 is 0. The third-order valence-electron chi connectivity index (χ3n) is 6.62. The molecule has 4 atom stereocenters. The summed E-state index contributed by atoms with van der Waals surface area (Å²) in [6.07, 6.45) is 2.49. The number of hydrogen-bond donors (Lipinski definition) is 3. The van der Waals surface area contributed by atoms with E-state index in [9.17, 15) is 19.8 Å². The lowest BCUT2D eigenvalue weighted by atomic mass is 10.1. The fraction of sp³-hybridized carbons (Fsp3) is 0.458. The van der Waals surface area contributed by atoms with Crippen LogP contribution in [0.5, 0.6) is 0 Å². The highest BCUT2D eigenvalue weighted by atomic mass is 16.6. The Morgan fingerprint density at radius 1 is 1.03 bits per heavy atom. The van der Waals surface area contributed by atoms with Crippen molar-refractivity contribution in [1.29, 1.82) is 0 Å². The van der Waals surface area contributed by atoms with E-state index in [4.69, 9.17) is 15.2 Å². The predicted molar refractivity (Wildman–Crippen MR) is 127 cm³/mol. The maximum Gasteiger partial charge on any atom is 0.261 e. The van der Waals surface area contributed by atoms with Crippen LogP contribution in [0, 0.1) is 0 Å². The molecule has 1 unspecified atom stereocenters. The zero-order valence-corrected chi connectivity index (χ0v) is 19.6. The number of rotatable bonds is 10. The molecule has 2 amide bonds. The van der Waals surface area contributed by atoms with Crippen LogP contribution in [0.2, 0.25) is 0 Å². The topological polar surface area (TPSA) is 166 Å². The van der Waals surface area contributed by atoms with Crippen LogP contribution in [-0.4, -0.2) is 84.5 Å². The second-order valence-corrected chi connectivity index (χ2v) is 8.88. The fourth-order valence-electron chi connectivity index (χ4n) is 4.75. The van der Waals surface area contributed by atoms with Gasteiger partial charge in [-0.3, -0.25) is 19.1 Å². The van der Waals surface area contributed by atoms with Gasteiger partial charge < -0.3 is 25.4 Å². The van der Waals surface area contributed by atoms with Gasteiger partial charge in [0.2, 0.25) is 0 Å². The van der Waals surface area contributed by atoms with Crippen molar-refractivity contribution in [3.8, 4) is 0 Å². The lowest BCUT2D eigenvalue weighted by Gasteiger charge is -2.20. The minimum atomic E-state index is -1.05. The number of amides is 2. The largest absolute Gasteiger partial charge is 0.394 e. The number of imide groups is 1. The first-order chi connectivity index (χ1) is 17.5. The summed E-state index contributed by atoms with van der Waals surface area (Å²) in [5.41, 5.74) is 7.58. The Hall–Kier alpha value is -3.45. The molecule has 5 rings (SSSR count). The van der Waals surface area contributed by atoms with E-state index in [0.717, 1.165) is 12.8 Å². The van der Waals surface area contributed by atoms with Gasteiger partial charge in [0.15, 0.2) is 17.7 Å². The van der Waals surface area contributed by atoms with Crippen LogP contribution in [0.25, 0.3) is 11.2 Å². The summed E-state index contributed by atoms with van der Waals surface area (Å²) in [6.45, 7) is 0.424. The quantitative estimate of drug-likeness (QED) is 0.271. The second-order valence-electron chi connectivity index (χ2n) is 8.88. The van der Waals surface area contributed by atoms with E-state index >= 15 is 0 Å². The van der Waals surface area contributed by atoms with Gasteiger partial charge in [-0.25, -0.2) is 15.0 Å². The molecular formula is C24H28N6O6. The Kier molecular flexibility index (Phi) is 6.92. The Bertz CT molecular complexity index is 1230. The number of hydrogen-bond acceptors (Lipinski definition) is 10. The second kappa shape index (κ2) is 10.3. The summed E-state index contributed by atoms with van der Waals surface area (Å²) in [4.78, 5) is 38.4. The van der Waals surface area contributed by atoms with Gasteiger partial charge in [-0.1, -0.05) is 25.0 Å². The zero-order valence-electron chi connectivity index (χ0n) is 19.6. The van der Waals surface area contributed by atoms with Crippen molar-refractivity contribution in [3.63, 3.8) is 0 Å². The van der Waals surface area contributed by atoms with E-state index in [1.807, 2.05) is 0 Å². The number of fused-ring (bicyclic) bond motifs is 2. The third-order valence-corrected chi connectivity index (χ3v) is 6.62. The lowest BCUT2D eigenvalue weighted by molar-refractivity contribution is -0.0609. The normalized spacial score (nSPS) is 23.7. The number of nitrogen functional groups attached to an aromatic ring is 1. The van der Waals surface area contributed by atoms with Gasteiger partial charge in [-0.05, 0) is 25.0 Å². The van der Waals surface area contributed by atoms with Crippen LogP contribution in [0.4, 0.5) is 5.82 Å². The van der Waals surface area contributed by atoms with Crippen LogP contribution < -0.4 is 5.73 Å². The molecule has 0 bridgehead atoms. The summed E-state index contributed by atoms with van der Waals surface area (Å²) in [6, 6.07) is 6.87. The first kappa shape index (κ1) is 24.3. The average molecular weight is 497 g/mol. The van der Waals surface area contributed by atoms with E-state index in [-0.39, 0.29) is 24.2 Å². The van der Waals surface area contributed by atoms with Crippen molar-refractivity contribution in [2.75, 3.05) is 25.5 Å². The molecule has 36 heavy (non-hydrogen) atoms. The van der Waals surface area contributed by atoms with Gasteiger partial charge in [0.1, 0.15) is 30.2 Å². The van der Waals surface area contributed by atoms with Crippen LogP contribution in [0.1, 0.15) is 52.6 Å². The molecule has 0 spiro atoms. The summed E-state index contributed by atoms with van der Waals surface area (Å²) < 4.78 is 13.3. The minimum absolute atomic E-state index is 0.223. The molecule has 3 aromatic rings. The van der Waals surface area contributed by atoms with Crippen molar-refractivity contribution < 1.29 is 29.3 Å². The number of imidazole rings is 1. The maximum atomic E-state index is 12.4. The molecule has 2 aliphatic heterocycles. The number of benzene rings is 1. The van der Waals surface area contributed by atoms with Crippen molar-refractivity contribution in [2.24, 2.45) is 0 Å². The highest BCUT2D eigenvalue weighted by molar-refractivity contribution is 6.21. The number of unbranched alkanes of at least 4 members (excludes halogenated alkanes) is 3. The predicted octanol–water partition coefficient (Wildman–Crippen LogP) is 0.901. The lowest BCUT2D eigenvalue weighted by Crippen LogP contribution is -2.36. The number of nitrogens with two attached hydrogens (primary N) is 1. The zero-order chi connectivity index (χ0) is 25.2. The van der Waals surface area contributed by atoms with Gasteiger partial charge in [0, 0.05) is 13.2 Å². The van der Waals surface area contributed by atoms with Crippen LogP contribution in [-0.2, 0) is 9.47 Å². The number of nitrogens with zero attached hydrogens (tertiary/aromatic N) is 5. The molecular weight excluding hydrogens is 468 g/mol. The molecule has 4 N–H and O–H groups in total. The number of anilines is 1. The first-order valence-electron chi connectivity index (χ1n) is 12.0. The monoisotopic (exact) mass is 496 g/mol. The highest BCUT2D eigenvalue weighted by Gasteiger charge is 2.45. The number of aliphatic hydroxyl groups is 2. The summed E-state index contributed by atoms with van der Waals surface area (Å²) in [5.74, 6) is -0.252. The fourth-order valence-corrected chi connectivity index (χ4v) is 4.75. The molecule has 0 radical (unpaired) electrons. The van der Waals surface area contributed by atoms with Crippen LogP contribution in [0.3, 0.4) is 0 Å².